The second-order valence-corrected chi connectivity index (χ2v) is 7.01. The Kier molecular flexibility index (Phi) is 6.33. The number of carbonyl (C=O) groups is 2. The fourth-order valence-corrected chi connectivity index (χ4v) is 2.99. The van der Waals surface area contributed by atoms with Crippen LogP contribution in [0.5, 0.6) is 5.75 Å². The molecule has 0 saturated heterocycles. The van der Waals surface area contributed by atoms with Gasteiger partial charge in [0, 0.05) is 18.7 Å². The summed E-state index contributed by atoms with van der Waals surface area (Å²) in [6.07, 6.45) is 1.80. The third-order valence-corrected chi connectivity index (χ3v) is 4.84. The van der Waals surface area contributed by atoms with E-state index in [4.69, 9.17) is 21.1 Å². The number of benzene rings is 2. The molecule has 2 aromatic carbocycles. The van der Waals surface area contributed by atoms with Crippen molar-refractivity contribution < 1.29 is 24.0 Å². The normalized spacial score (nSPS) is 12.9. The average molecular weight is 419 g/mol. The quantitative estimate of drug-likeness (QED) is 0.369. The summed E-state index contributed by atoms with van der Waals surface area (Å²) in [6.45, 7) is -0.0423. The van der Waals surface area contributed by atoms with E-state index >= 15 is 0 Å². The molecule has 29 heavy (non-hydrogen) atoms. The van der Waals surface area contributed by atoms with Crippen LogP contribution in [-0.2, 0) is 16.1 Å². The first-order chi connectivity index (χ1) is 13.9. The first-order valence-electron chi connectivity index (χ1n) is 8.92. The van der Waals surface area contributed by atoms with Gasteiger partial charge >= 0.3 is 5.97 Å². The predicted octanol–water partition coefficient (Wildman–Crippen LogP) is 3.60. The lowest BCUT2D eigenvalue weighted by Crippen LogP contribution is -2.36. The Morgan fingerprint density at radius 3 is 2.48 bits per heavy atom. The molecule has 2 aromatic rings. The Labute approximate surface area is 172 Å². The van der Waals surface area contributed by atoms with Crippen molar-refractivity contribution in [1.29, 1.82) is 0 Å². The Balaban J connectivity index is 1.62. The van der Waals surface area contributed by atoms with Crippen molar-refractivity contribution in [2.75, 3.05) is 13.7 Å². The van der Waals surface area contributed by atoms with Crippen LogP contribution in [0.1, 0.15) is 28.8 Å². The molecule has 1 aliphatic rings. The van der Waals surface area contributed by atoms with Crippen LogP contribution in [0.2, 0.25) is 5.02 Å². The molecule has 8 nitrogen and oxygen atoms in total. The number of nitro groups is 1. The van der Waals surface area contributed by atoms with Gasteiger partial charge in [0.2, 0.25) is 0 Å². The summed E-state index contributed by atoms with van der Waals surface area (Å²) in [5.74, 6) is -0.414. The Morgan fingerprint density at radius 2 is 1.90 bits per heavy atom. The van der Waals surface area contributed by atoms with Gasteiger partial charge in [-0.3, -0.25) is 14.9 Å². The fourth-order valence-electron chi connectivity index (χ4n) is 2.81. The molecule has 9 heteroatoms. The standard InChI is InChI=1S/C20H19ClN2O6/c1-28-16-7-2-13(3-8-16)11-22(15-5-6-15)19(24)12-29-20(25)14-4-9-17(21)18(10-14)23(26)27/h2-4,7-10,15H,5-6,11-12H2,1H3. The van der Waals surface area contributed by atoms with Gasteiger partial charge < -0.3 is 14.4 Å². The minimum absolute atomic E-state index is 0.0398. The van der Waals surface area contributed by atoms with E-state index < -0.39 is 23.2 Å². The molecule has 0 heterocycles. The molecule has 152 valence electrons. The van der Waals surface area contributed by atoms with Crippen molar-refractivity contribution in [2.45, 2.75) is 25.4 Å². The van der Waals surface area contributed by atoms with Crippen molar-refractivity contribution in [1.82, 2.24) is 4.90 Å². The Morgan fingerprint density at radius 1 is 1.21 bits per heavy atom. The summed E-state index contributed by atoms with van der Waals surface area (Å²) < 4.78 is 10.2. The molecule has 0 atom stereocenters. The van der Waals surface area contributed by atoms with Gasteiger partial charge in [-0.2, -0.15) is 0 Å². The topological polar surface area (TPSA) is 99.0 Å². The van der Waals surface area contributed by atoms with Crippen LogP contribution in [-0.4, -0.2) is 41.5 Å². The lowest BCUT2D eigenvalue weighted by molar-refractivity contribution is -0.384. The molecule has 1 saturated carbocycles. The molecule has 0 N–H and O–H groups in total. The largest absolute Gasteiger partial charge is 0.497 e. The van der Waals surface area contributed by atoms with Gasteiger partial charge in [-0.15, -0.1) is 0 Å². The third kappa shape index (κ3) is 5.23. The first kappa shape index (κ1) is 20.6. The smallest absolute Gasteiger partial charge is 0.338 e. The molecule has 1 amide bonds. The molecule has 0 radical (unpaired) electrons. The number of carbonyl (C=O) groups excluding carboxylic acids is 2. The summed E-state index contributed by atoms with van der Waals surface area (Å²) >= 11 is 5.74. The molecule has 0 aromatic heterocycles. The maximum Gasteiger partial charge on any atom is 0.338 e. The van der Waals surface area contributed by atoms with Gasteiger partial charge in [-0.1, -0.05) is 23.7 Å². The number of hydrogen-bond acceptors (Lipinski definition) is 6. The molecule has 1 fully saturated rings. The van der Waals surface area contributed by atoms with E-state index in [1.807, 2.05) is 24.3 Å². The lowest BCUT2D eigenvalue weighted by atomic mass is 10.2. The van der Waals surface area contributed by atoms with Crippen molar-refractivity contribution in [3.05, 3.63) is 68.7 Å². The van der Waals surface area contributed by atoms with Crippen LogP contribution in [0.4, 0.5) is 5.69 Å². The van der Waals surface area contributed by atoms with Crippen molar-refractivity contribution in [3.63, 3.8) is 0 Å². The Bertz CT molecular complexity index is 927. The summed E-state index contributed by atoms with van der Waals surface area (Å²) in [5.41, 5.74) is 0.499. The minimum atomic E-state index is -0.821. The van der Waals surface area contributed by atoms with Crippen LogP contribution in [0, 0.1) is 10.1 Å². The van der Waals surface area contributed by atoms with Gasteiger partial charge in [0.05, 0.1) is 17.6 Å². The maximum atomic E-state index is 12.6. The Hall–Kier alpha value is -3.13. The number of methoxy groups -OCH3 is 1. The fraction of sp³-hybridized carbons (Fsp3) is 0.300. The van der Waals surface area contributed by atoms with E-state index in [-0.39, 0.29) is 22.5 Å². The molecule has 0 bridgehead atoms. The first-order valence-corrected chi connectivity index (χ1v) is 9.30. The number of rotatable bonds is 8. The highest BCUT2D eigenvalue weighted by Crippen LogP contribution is 2.29. The van der Waals surface area contributed by atoms with Crippen LogP contribution < -0.4 is 4.74 Å². The van der Waals surface area contributed by atoms with Crippen molar-refractivity contribution >= 4 is 29.2 Å². The number of nitrogens with zero attached hydrogens (tertiary/aromatic N) is 2. The molecular formula is C20H19ClN2O6. The van der Waals surface area contributed by atoms with Gasteiger partial charge in [-0.25, -0.2) is 4.79 Å². The van der Waals surface area contributed by atoms with E-state index in [0.29, 0.717) is 6.54 Å². The van der Waals surface area contributed by atoms with Crippen LogP contribution >= 0.6 is 11.6 Å². The zero-order valence-corrected chi connectivity index (χ0v) is 16.4. The molecule has 1 aliphatic carbocycles. The van der Waals surface area contributed by atoms with E-state index in [9.17, 15) is 19.7 Å². The van der Waals surface area contributed by atoms with Gasteiger partial charge in [0.25, 0.3) is 11.6 Å². The van der Waals surface area contributed by atoms with Crippen LogP contribution in [0.15, 0.2) is 42.5 Å². The number of ether oxygens (including phenoxy) is 2. The second-order valence-electron chi connectivity index (χ2n) is 6.60. The summed E-state index contributed by atoms with van der Waals surface area (Å²) in [6, 6.07) is 11.1. The summed E-state index contributed by atoms with van der Waals surface area (Å²) in [4.78, 5) is 36.8. The molecular weight excluding hydrogens is 400 g/mol. The summed E-state index contributed by atoms with van der Waals surface area (Å²) in [5, 5.41) is 10.9. The lowest BCUT2D eigenvalue weighted by Gasteiger charge is -2.22. The SMILES string of the molecule is COc1ccc(CN(C(=O)COC(=O)c2ccc(Cl)c([N+](=O)[O-])c2)C2CC2)cc1. The molecule has 0 aliphatic heterocycles. The van der Waals surface area contributed by atoms with Crippen LogP contribution in [0.3, 0.4) is 0 Å². The molecule has 0 spiro atoms. The zero-order chi connectivity index (χ0) is 21.0. The van der Waals surface area contributed by atoms with E-state index in [1.54, 1.807) is 12.0 Å². The number of amides is 1. The second kappa shape index (κ2) is 8.91. The number of hydrogen-bond donors (Lipinski definition) is 0. The number of nitro benzene ring substituents is 1. The van der Waals surface area contributed by atoms with Gasteiger partial charge in [-0.05, 0) is 42.7 Å². The predicted molar refractivity (Wildman–Crippen MR) is 105 cm³/mol. The number of esters is 1. The minimum Gasteiger partial charge on any atom is -0.497 e. The summed E-state index contributed by atoms with van der Waals surface area (Å²) in [7, 11) is 1.58. The van der Waals surface area contributed by atoms with Crippen molar-refractivity contribution in [3.8, 4) is 5.75 Å². The maximum absolute atomic E-state index is 12.6. The molecule has 0 unspecified atom stereocenters. The van der Waals surface area contributed by atoms with E-state index in [2.05, 4.69) is 0 Å². The van der Waals surface area contributed by atoms with Gasteiger partial charge in [0.15, 0.2) is 6.61 Å². The average Bonchev–Trinajstić information content (AvgIpc) is 3.55. The van der Waals surface area contributed by atoms with Crippen LogP contribution in [0.25, 0.3) is 0 Å². The van der Waals surface area contributed by atoms with Crippen molar-refractivity contribution in [2.24, 2.45) is 0 Å². The highest BCUT2D eigenvalue weighted by molar-refractivity contribution is 6.32. The van der Waals surface area contributed by atoms with E-state index in [1.165, 1.54) is 12.1 Å². The highest BCUT2D eigenvalue weighted by Gasteiger charge is 2.33. The van der Waals surface area contributed by atoms with Gasteiger partial charge in [0.1, 0.15) is 10.8 Å². The highest BCUT2D eigenvalue weighted by atomic mass is 35.5. The zero-order valence-electron chi connectivity index (χ0n) is 15.7. The monoisotopic (exact) mass is 418 g/mol. The molecule has 3 rings (SSSR count). The third-order valence-electron chi connectivity index (χ3n) is 4.53. The number of halogens is 1. The van der Waals surface area contributed by atoms with E-state index in [0.717, 1.165) is 30.2 Å².